The van der Waals surface area contributed by atoms with Crippen LogP contribution in [0.25, 0.3) is 0 Å². The highest BCUT2D eigenvalue weighted by Crippen LogP contribution is 2.28. The molecular weight excluding hydrogens is 354 g/mol. The van der Waals surface area contributed by atoms with Crippen molar-refractivity contribution in [3.8, 4) is 0 Å². The van der Waals surface area contributed by atoms with Crippen molar-refractivity contribution in [2.45, 2.75) is 25.8 Å². The van der Waals surface area contributed by atoms with E-state index >= 15 is 0 Å². The molecule has 4 rings (SSSR count). The predicted molar refractivity (Wildman–Crippen MR) is 107 cm³/mol. The number of fused-ring (bicyclic) bond motifs is 1. The maximum atomic E-state index is 13.0. The van der Waals surface area contributed by atoms with Crippen molar-refractivity contribution in [2.24, 2.45) is 11.8 Å². The first kappa shape index (κ1) is 18.7. The summed E-state index contributed by atoms with van der Waals surface area (Å²) in [6.07, 6.45) is 7.70. The third-order valence-electron chi connectivity index (χ3n) is 5.86. The molecule has 7 heteroatoms. The Bertz CT molecular complexity index is 806. The zero-order valence-electron chi connectivity index (χ0n) is 16.0. The van der Waals surface area contributed by atoms with Gasteiger partial charge in [0.1, 0.15) is 0 Å². The molecular formula is C21H27N5O2. The lowest BCUT2D eigenvalue weighted by Gasteiger charge is -2.21. The van der Waals surface area contributed by atoms with Crippen molar-refractivity contribution in [1.82, 2.24) is 19.8 Å². The Balaban J connectivity index is 1.34. The van der Waals surface area contributed by atoms with Crippen molar-refractivity contribution in [3.63, 3.8) is 0 Å². The molecule has 2 N–H and O–H groups in total. The fourth-order valence-electron chi connectivity index (χ4n) is 4.21. The average molecular weight is 381 g/mol. The lowest BCUT2D eigenvalue weighted by molar-refractivity contribution is -0.116. The van der Waals surface area contributed by atoms with Crippen LogP contribution in [-0.4, -0.2) is 52.4 Å². The third kappa shape index (κ3) is 4.42. The standard InChI is InChI=1S/C21H27N5O2/c27-20(6-8-25-11-7-22-15-25)24-19-3-1-2-16(12-19)21(28)26-9-4-17-13-23-14-18(17)5-10-26/h1-3,7,11-12,15,17-18,23H,4-6,8-10,13-14H2,(H,24,27)/t17-,18+. The van der Waals surface area contributed by atoms with Crippen molar-refractivity contribution < 1.29 is 9.59 Å². The number of aromatic nitrogens is 2. The number of nitrogens with one attached hydrogen (secondary N) is 2. The highest BCUT2D eigenvalue weighted by atomic mass is 16.2. The van der Waals surface area contributed by atoms with Gasteiger partial charge in [-0.1, -0.05) is 6.07 Å². The van der Waals surface area contributed by atoms with Crippen LogP contribution in [0, 0.1) is 11.8 Å². The third-order valence-corrected chi connectivity index (χ3v) is 5.86. The molecule has 7 nitrogen and oxygen atoms in total. The van der Waals surface area contributed by atoms with Crippen LogP contribution in [0.5, 0.6) is 0 Å². The van der Waals surface area contributed by atoms with Gasteiger partial charge in [-0.25, -0.2) is 4.98 Å². The summed E-state index contributed by atoms with van der Waals surface area (Å²) in [5, 5.41) is 6.36. The van der Waals surface area contributed by atoms with Crippen LogP contribution in [0.1, 0.15) is 29.6 Å². The number of amides is 2. The Morgan fingerprint density at radius 1 is 1.18 bits per heavy atom. The second-order valence-corrected chi connectivity index (χ2v) is 7.73. The molecule has 148 valence electrons. The van der Waals surface area contributed by atoms with Crippen LogP contribution in [-0.2, 0) is 11.3 Å². The molecule has 1 aromatic carbocycles. The minimum Gasteiger partial charge on any atom is -0.339 e. The van der Waals surface area contributed by atoms with Gasteiger partial charge in [0.05, 0.1) is 6.33 Å². The van der Waals surface area contributed by atoms with E-state index in [1.54, 1.807) is 18.6 Å². The summed E-state index contributed by atoms with van der Waals surface area (Å²) in [7, 11) is 0. The number of likely N-dealkylation sites (tertiary alicyclic amines) is 1. The highest BCUT2D eigenvalue weighted by molar-refractivity contribution is 5.97. The number of hydrogen-bond donors (Lipinski definition) is 2. The fraction of sp³-hybridized carbons (Fsp3) is 0.476. The monoisotopic (exact) mass is 381 g/mol. The van der Waals surface area contributed by atoms with Gasteiger partial charge in [-0.3, -0.25) is 9.59 Å². The molecule has 3 heterocycles. The molecule has 0 unspecified atom stereocenters. The maximum absolute atomic E-state index is 13.0. The minimum absolute atomic E-state index is 0.0578. The number of carbonyl (C=O) groups excluding carboxylic acids is 2. The molecule has 1 aromatic heterocycles. The molecule has 0 aliphatic carbocycles. The van der Waals surface area contributed by atoms with Crippen LogP contribution in [0.4, 0.5) is 5.69 Å². The number of nitrogens with zero attached hydrogens (tertiary/aromatic N) is 3. The van der Waals surface area contributed by atoms with Crippen molar-refractivity contribution in [1.29, 1.82) is 0 Å². The SMILES string of the molecule is O=C(CCn1ccnc1)Nc1cccc(C(=O)N2CC[C@@H]3CNC[C@@H]3CC2)c1. The summed E-state index contributed by atoms with van der Waals surface area (Å²) in [4.78, 5) is 31.1. The number of benzene rings is 1. The van der Waals surface area contributed by atoms with Crippen LogP contribution < -0.4 is 10.6 Å². The summed E-state index contributed by atoms with van der Waals surface area (Å²) >= 11 is 0. The van der Waals surface area contributed by atoms with Gasteiger partial charge in [0.25, 0.3) is 5.91 Å². The molecule has 2 aromatic rings. The highest BCUT2D eigenvalue weighted by Gasteiger charge is 2.31. The molecule has 2 aliphatic heterocycles. The van der Waals surface area contributed by atoms with Gasteiger partial charge in [0.2, 0.25) is 5.91 Å². The summed E-state index contributed by atoms with van der Waals surface area (Å²) in [5.41, 5.74) is 1.30. The van der Waals surface area contributed by atoms with E-state index in [9.17, 15) is 9.59 Å². The van der Waals surface area contributed by atoms with Gasteiger partial charge in [0.15, 0.2) is 0 Å². The quantitative estimate of drug-likeness (QED) is 0.830. The summed E-state index contributed by atoms with van der Waals surface area (Å²) in [5.74, 6) is 1.37. The van der Waals surface area contributed by atoms with Crippen molar-refractivity contribution >= 4 is 17.5 Å². The Morgan fingerprint density at radius 2 is 1.96 bits per heavy atom. The predicted octanol–water partition coefficient (Wildman–Crippen LogP) is 1.98. The summed E-state index contributed by atoms with van der Waals surface area (Å²) in [6.45, 7) is 4.35. The van der Waals surface area contributed by atoms with Gasteiger partial charge in [-0.2, -0.15) is 0 Å². The molecule has 0 radical (unpaired) electrons. The number of imidazole rings is 1. The minimum atomic E-state index is -0.0756. The van der Waals surface area contributed by atoms with E-state index in [4.69, 9.17) is 0 Å². The first-order valence-corrected chi connectivity index (χ1v) is 10.0. The first-order chi connectivity index (χ1) is 13.7. The van der Waals surface area contributed by atoms with Crippen LogP contribution in [0.3, 0.4) is 0 Å². The van der Waals surface area contributed by atoms with E-state index in [2.05, 4.69) is 15.6 Å². The Hall–Kier alpha value is -2.67. The Morgan fingerprint density at radius 3 is 2.68 bits per heavy atom. The van der Waals surface area contributed by atoms with Crippen molar-refractivity contribution in [2.75, 3.05) is 31.5 Å². The molecule has 2 atom stereocenters. The van der Waals surface area contributed by atoms with E-state index in [1.165, 1.54) is 0 Å². The number of anilines is 1. The maximum Gasteiger partial charge on any atom is 0.253 e. The Kier molecular flexibility index (Phi) is 5.71. The lowest BCUT2D eigenvalue weighted by atomic mass is 9.92. The van der Waals surface area contributed by atoms with E-state index in [0.29, 0.717) is 36.1 Å². The van der Waals surface area contributed by atoms with Gasteiger partial charge in [-0.15, -0.1) is 0 Å². The fourth-order valence-corrected chi connectivity index (χ4v) is 4.21. The number of hydrogen-bond acceptors (Lipinski definition) is 4. The normalized spacial score (nSPS) is 21.8. The van der Waals surface area contributed by atoms with E-state index in [0.717, 1.165) is 39.0 Å². The smallest absolute Gasteiger partial charge is 0.253 e. The molecule has 0 saturated carbocycles. The molecule has 2 fully saturated rings. The average Bonchev–Trinajstić information content (AvgIpc) is 3.35. The van der Waals surface area contributed by atoms with Crippen molar-refractivity contribution in [3.05, 3.63) is 48.5 Å². The van der Waals surface area contributed by atoms with Gasteiger partial charge >= 0.3 is 0 Å². The number of carbonyl (C=O) groups is 2. The first-order valence-electron chi connectivity index (χ1n) is 10.0. The van der Waals surface area contributed by atoms with E-state index < -0.39 is 0 Å². The largest absolute Gasteiger partial charge is 0.339 e. The molecule has 2 saturated heterocycles. The molecule has 2 aliphatic rings. The van der Waals surface area contributed by atoms with Gasteiger partial charge < -0.3 is 20.1 Å². The van der Waals surface area contributed by atoms with E-state index in [-0.39, 0.29) is 11.8 Å². The van der Waals surface area contributed by atoms with Crippen LogP contribution in [0.2, 0.25) is 0 Å². The van der Waals surface area contributed by atoms with Crippen LogP contribution in [0.15, 0.2) is 43.0 Å². The zero-order valence-corrected chi connectivity index (χ0v) is 16.0. The second kappa shape index (κ2) is 8.56. The molecule has 28 heavy (non-hydrogen) atoms. The Labute approximate surface area is 165 Å². The second-order valence-electron chi connectivity index (χ2n) is 7.73. The van der Waals surface area contributed by atoms with Crippen LogP contribution >= 0.6 is 0 Å². The van der Waals surface area contributed by atoms with E-state index in [1.807, 2.05) is 33.9 Å². The number of aryl methyl sites for hydroxylation is 1. The summed E-state index contributed by atoms with van der Waals surface area (Å²) in [6, 6.07) is 7.26. The molecule has 2 amide bonds. The molecule has 0 spiro atoms. The lowest BCUT2D eigenvalue weighted by Crippen LogP contribution is -2.32. The zero-order chi connectivity index (χ0) is 19.3. The number of rotatable bonds is 5. The topological polar surface area (TPSA) is 79.3 Å². The van der Waals surface area contributed by atoms with Gasteiger partial charge in [0, 0.05) is 49.7 Å². The molecule has 0 bridgehead atoms. The summed E-state index contributed by atoms with van der Waals surface area (Å²) < 4.78 is 1.86. The van der Waals surface area contributed by atoms with Gasteiger partial charge in [-0.05, 0) is 56.0 Å².